The lowest BCUT2D eigenvalue weighted by atomic mass is 10.0. The molecule has 2 unspecified atom stereocenters. The highest BCUT2D eigenvalue weighted by atomic mass is 79.9. The molecule has 2 aromatic rings. The number of halogens is 2. The molecule has 24 heavy (non-hydrogen) atoms. The van der Waals surface area contributed by atoms with Gasteiger partial charge in [-0.15, -0.1) is 0 Å². The van der Waals surface area contributed by atoms with Crippen LogP contribution >= 0.6 is 27.5 Å². The lowest BCUT2D eigenvalue weighted by molar-refractivity contribution is -0.137. The van der Waals surface area contributed by atoms with E-state index in [1.165, 1.54) is 0 Å². The second kappa shape index (κ2) is 9.21. The van der Waals surface area contributed by atoms with E-state index in [0.29, 0.717) is 18.1 Å². The van der Waals surface area contributed by atoms with Crippen LogP contribution in [0, 0.1) is 5.92 Å². The summed E-state index contributed by atoms with van der Waals surface area (Å²) < 4.78 is 7.15. The molecule has 2 rings (SSSR count). The van der Waals surface area contributed by atoms with Gasteiger partial charge in [0, 0.05) is 15.9 Å². The third kappa shape index (κ3) is 5.93. The predicted octanol–water partition coefficient (Wildman–Crippen LogP) is 5.71. The number of aliphatic carboxylic acids is 1. The van der Waals surface area contributed by atoms with Crippen LogP contribution < -0.4 is 0 Å². The van der Waals surface area contributed by atoms with Crippen LogP contribution in [-0.4, -0.2) is 17.7 Å². The average molecular weight is 412 g/mol. The molecule has 128 valence electrons. The monoisotopic (exact) mass is 410 g/mol. The van der Waals surface area contributed by atoms with Crippen molar-refractivity contribution in [3.05, 3.63) is 69.2 Å². The van der Waals surface area contributed by atoms with E-state index in [9.17, 15) is 4.79 Å². The number of hydrogen-bond donors (Lipinski definition) is 1. The van der Waals surface area contributed by atoms with Crippen molar-refractivity contribution in [1.29, 1.82) is 0 Å². The first-order chi connectivity index (χ1) is 11.5. The third-order valence-electron chi connectivity index (χ3n) is 3.74. The third-order valence-corrected chi connectivity index (χ3v) is 4.52. The smallest absolute Gasteiger partial charge is 0.303 e. The van der Waals surface area contributed by atoms with Gasteiger partial charge >= 0.3 is 5.97 Å². The van der Waals surface area contributed by atoms with Gasteiger partial charge in [-0.2, -0.15) is 0 Å². The summed E-state index contributed by atoms with van der Waals surface area (Å²) in [6.45, 7) is 2.50. The van der Waals surface area contributed by atoms with Gasteiger partial charge in [0.25, 0.3) is 0 Å². The van der Waals surface area contributed by atoms with Gasteiger partial charge in [0.2, 0.25) is 0 Å². The van der Waals surface area contributed by atoms with Crippen molar-refractivity contribution in [2.24, 2.45) is 5.92 Å². The summed E-state index contributed by atoms with van der Waals surface area (Å²) in [6, 6.07) is 15.6. The van der Waals surface area contributed by atoms with E-state index in [1.807, 2.05) is 55.5 Å². The SMILES string of the molecule is CC(CCC(=O)O)COC(c1ccc(Cl)cc1)c1ccc(Br)cc1. The van der Waals surface area contributed by atoms with Crippen LogP contribution in [-0.2, 0) is 9.53 Å². The average Bonchev–Trinajstić information content (AvgIpc) is 2.56. The number of carbonyl (C=O) groups is 1. The predicted molar refractivity (Wildman–Crippen MR) is 99.4 cm³/mol. The molecule has 0 saturated carbocycles. The molecule has 0 aromatic heterocycles. The van der Waals surface area contributed by atoms with Gasteiger partial charge in [0.15, 0.2) is 0 Å². The molecule has 0 heterocycles. The zero-order valence-electron chi connectivity index (χ0n) is 13.4. The number of benzene rings is 2. The molecule has 0 radical (unpaired) electrons. The normalized spacial score (nSPS) is 13.5. The largest absolute Gasteiger partial charge is 0.481 e. The lowest BCUT2D eigenvalue weighted by Crippen LogP contribution is -2.13. The molecule has 0 fully saturated rings. The highest BCUT2D eigenvalue weighted by molar-refractivity contribution is 9.10. The molecule has 0 bridgehead atoms. The quantitative estimate of drug-likeness (QED) is 0.605. The zero-order valence-corrected chi connectivity index (χ0v) is 15.8. The maximum Gasteiger partial charge on any atom is 0.303 e. The van der Waals surface area contributed by atoms with Crippen LogP contribution in [0.15, 0.2) is 53.0 Å². The summed E-state index contributed by atoms with van der Waals surface area (Å²) in [7, 11) is 0. The van der Waals surface area contributed by atoms with Crippen LogP contribution in [0.3, 0.4) is 0 Å². The van der Waals surface area contributed by atoms with Crippen molar-refractivity contribution in [3.8, 4) is 0 Å². The molecule has 0 aliphatic heterocycles. The second-order valence-corrected chi connectivity index (χ2v) is 7.21. The lowest BCUT2D eigenvalue weighted by Gasteiger charge is -2.21. The Morgan fingerprint density at radius 2 is 1.67 bits per heavy atom. The molecular weight excluding hydrogens is 392 g/mol. The van der Waals surface area contributed by atoms with E-state index in [2.05, 4.69) is 15.9 Å². The van der Waals surface area contributed by atoms with Crippen molar-refractivity contribution in [2.45, 2.75) is 25.9 Å². The van der Waals surface area contributed by atoms with Gasteiger partial charge in [-0.1, -0.05) is 58.7 Å². The molecule has 0 aliphatic carbocycles. The first-order valence-electron chi connectivity index (χ1n) is 7.80. The topological polar surface area (TPSA) is 46.5 Å². The van der Waals surface area contributed by atoms with Crippen LogP contribution in [0.5, 0.6) is 0 Å². The number of carboxylic acids is 1. The molecule has 0 aliphatic rings. The Morgan fingerprint density at radius 3 is 2.21 bits per heavy atom. The van der Waals surface area contributed by atoms with E-state index in [0.717, 1.165) is 15.6 Å². The molecule has 5 heteroatoms. The Hall–Kier alpha value is -1.36. The van der Waals surface area contributed by atoms with E-state index in [1.54, 1.807) is 0 Å². The van der Waals surface area contributed by atoms with Crippen molar-refractivity contribution in [2.75, 3.05) is 6.61 Å². The standard InChI is InChI=1S/C19H20BrClO3/c1-13(2-11-18(22)23)12-24-19(14-3-7-16(20)8-4-14)15-5-9-17(21)10-6-15/h3-10,13,19H,2,11-12H2,1H3,(H,22,23). The maximum atomic E-state index is 10.7. The van der Waals surface area contributed by atoms with E-state index in [4.69, 9.17) is 21.4 Å². The van der Waals surface area contributed by atoms with Gasteiger partial charge in [-0.05, 0) is 47.7 Å². The highest BCUT2D eigenvalue weighted by Crippen LogP contribution is 2.29. The molecule has 0 spiro atoms. The Kier molecular flexibility index (Phi) is 7.28. The van der Waals surface area contributed by atoms with E-state index in [-0.39, 0.29) is 18.4 Å². The zero-order chi connectivity index (χ0) is 17.5. The van der Waals surface area contributed by atoms with Gasteiger partial charge in [-0.25, -0.2) is 0 Å². The minimum absolute atomic E-state index is 0.161. The summed E-state index contributed by atoms with van der Waals surface area (Å²) in [5, 5.41) is 9.47. The van der Waals surface area contributed by atoms with Crippen molar-refractivity contribution >= 4 is 33.5 Å². The Bertz CT molecular complexity index is 610. The highest BCUT2D eigenvalue weighted by Gasteiger charge is 2.17. The fourth-order valence-electron chi connectivity index (χ4n) is 2.37. The molecule has 2 aromatic carbocycles. The Morgan fingerprint density at radius 1 is 1.12 bits per heavy atom. The Labute approximate surface area is 155 Å². The molecule has 3 nitrogen and oxygen atoms in total. The minimum atomic E-state index is -0.774. The maximum absolute atomic E-state index is 10.7. The number of rotatable bonds is 8. The minimum Gasteiger partial charge on any atom is -0.481 e. The van der Waals surface area contributed by atoms with Crippen molar-refractivity contribution < 1.29 is 14.6 Å². The first-order valence-corrected chi connectivity index (χ1v) is 8.97. The van der Waals surface area contributed by atoms with Crippen LogP contribution in [0.25, 0.3) is 0 Å². The number of hydrogen-bond acceptors (Lipinski definition) is 2. The number of ether oxygens (including phenoxy) is 1. The van der Waals surface area contributed by atoms with Crippen LogP contribution in [0.4, 0.5) is 0 Å². The number of carboxylic acid groups (broad SMARTS) is 1. The van der Waals surface area contributed by atoms with Crippen LogP contribution in [0.1, 0.15) is 37.0 Å². The van der Waals surface area contributed by atoms with Gasteiger partial charge in [-0.3, -0.25) is 4.79 Å². The molecule has 0 saturated heterocycles. The molecule has 2 atom stereocenters. The van der Waals surface area contributed by atoms with Crippen molar-refractivity contribution in [3.63, 3.8) is 0 Å². The summed E-state index contributed by atoms with van der Waals surface area (Å²) in [6.07, 6.45) is 0.555. The Balaban J connectivity index is 2.12. The van der Waals surface area contributed by atoms with Crippen molar-refractivity contribution in [1.82, 2.24) is 0 Å². The molecule has 1 N–H and O–H groups in total. The van der Waals surface area contributed by atoms with Gasteiger partial charge in [0.1, 0.15) is 6.10 Å². The van der Waals surface area contributed by atoms with Gasteiger partial charge < -0.3 is 9.84 Å². The molecular formula is C19H20BrClO3. The first kappa shape index (κ1) is 19.0. The summed E-state index contributed by atoms with van der Waals surface area (Å²) in [5.74, 6) is -0.602. The molecule has 0 amide bonds. The summed E-state index contributed by atoms with van der Waals surface area (Å²) in [5.41, 5.74) is 2.07. The van der Waals surface area contributed by atoms with E-state index >= 15 is 0 Å². The van der Waals surface area contributed by atoms with E-state index < -0.39 is 5.97 Å². The second-order valence-electron chi connectivity index (χ2n) is 5.85. The van der Waals surface area contributed by atoms with Crippen LogP contribution in [0.2, 0.25) is 5.02 Å². The summed E-state index contributed by atoms with van der Waals surface area (Å²) >= 11 is 9.42. The summed E-state index contributed by atoms with van der Waals surface area (Å²) in [4.78, 5) is 10.7. The fourth-order valence-corrected chi connectivity index (χ4v) is 2.76. The van der Waals surface area contributed by atoms with Gasteiger partial charge in [0.05, 0.1) is 6.61 Å². The fraction of sp³-hybridized carbons (Fsp3) is 0.316.